The third-order valence-corrected chi connectivity index (χ3v) is 3.89. The summed E-state index contributed by atoms with van der Waals surface area (Å²) in [6.07, 6.45) is 3.49. The van der Waals surface area contributed by atoms with Gasteiger partial charge in [0, 0.05) is 24.0 Å². The third kappa shape index (κ3) is 2.70. The second kappa shape index (κ2) is 5.83. The number of benzene rings is 1. The number of hydrogen-bond donors (Lipinski definition) is 0. The second-order valence-electron chi connectivity index (χ2n) is 5.82. The van der Waals surface area contributed by atoms with Crippen molar-refractivity contribution in [3.05, 3.63) is 59.0 Å². The normalized spacial score (nSPS) is 11.2. The molecule has 0 radical (unpaired) electrons. The van der Waals surface area contributed by atoms with Crippen molar-refractivity contribution in [3.63, 3.8) is 0 Å². The van der Waals surface area contributed by atoms with Crippen LogP contribution in [0.3, 0.4) is 0 Å². The maximum absolute atomic E-state index is 12.9. The Kier molecular flexibility index (Phi) is 3.86. The molecule has 0 aliphatic rings. The highest BCUT2D eigenvalue weighted by Crippen LogP contribution is 2.25. The number of aryl methyl sites for hydroxylation is 1. The van der Waals surface area contributed by atoms with Gasteiger partial charge in [0.25, 0.3) is 0 Å². The highest BCUT2D eigenvalue weighted by molar-refractivity contribution is 6.09. The lowest BCUT2D eigenvalue weighted by Gasteiger charge is -2.14. The molecule has 0 saturated heterocycles. The van der Waals surface area contributed by atoms with Crippen LogP contribution in [0, 0.1) is 6.92 Å². The summed E-state index contributed by atoms with van der Waals surface area (Å²) < 4.78 is 6.82. The van der Waals surface area contributed by atoms with Crippen molar-refractivity contribution in [2.24, 2.45) is 0 Å². The van der Waals surface area contributed by atoms with Gasteiger partial charge >= 0.3 is 0 Å². The van der Waals surface area contributed by atoms with Gasteiger partial charge in [-0.05, 0) is 24.0 Å². The number of rotatable bonds is 4. The molecule has 3 aromatic rings. The summed E-state index contributed by atoms with van der Waals surface area (Å²) in [7, 11) is 1.55. The lowest BCUT2D eigenvalue weighted by Crippen LogP contribution is -2.08. The molecular formula is C18H19N3O2. The molecule has 118 valence electrons. The fraction of sp³-hybridized carbons (Fsp3) is 0.278. The van der Waals surface area contributed by atoms with E-state index in [1.54, 1.807) is 30.0 Å². The Morgan fingerprint density at radius 2 is 2.00 bits per heavy atom. The number of imidazole rings is 1. The van der Waals surface area contributed by atoms with Crippen molar-refractivity contribution in [3.8, 4) is 5.88 Å². The van der Waals surface area contributed by atoms with Gasteiger partial charge in [0.15, 0.2) is 0 Å². The molecular weight excluding hydrogens is 290 g/mol. The molecule has 0 N–H and O–H groups in total. The molecule has 5 nitrogen and oxygen atoms in total. The number of hydrogen-bond acceptors (Lipinski definition) is 4. The van der Waals surface area contributed by atoms with E-state index in [0.29, 0.717) is 22.9 Å². The average Bonchev–Trinajstić information content (AvgIpc) is 2.96. The summed E-state index contributed by atoms with van der Waals surface area (Å²) in [6.45, 7) is 6.21. The van der Waals surface area contributed by atoms with Crippen LogP contribution in [-0.4, -0.2) is 27.3 Å². The van der Waals surface area contributed by atoms with Crippen molar-refractivity contribution in [1.29, 1.82) is 0 Å². The van der Waals surface area contributed by atoms with Crippen LogP contribution in [0.4, 0.5) is 0 Å². The molecule has 5 heteroatoms. The number of carbonyl (C=O) groups is 1. The van der Waals surface area contributed by atoms with E-state index >= 15 is 0 Å². The summed E-state index contributed by atoms with van der Waals surface area (Å²) in [4.78, 5) is 21.5. The van der Waals surface area contributed by atoms with Gasteiger partial charge in [-0.1, -0.05) is 32.0 Å². The fourth-order valence-electron chi connectivity index (χ4n) is 2.86. The molecule has 0 saturated carbocycles. The Hall–Kier alpha value is -2.69. The molecule has 2 heterocycles. The molecule has 0 fully saturated rings. The van der Waals surface area contributed by atoms with E-state index in [9.17, 15) is 4.79 Å². The van der Waals surface area contributed by atoms with Crippen molar-refractivity contribution >= 4 is 11.6 Å². The van der Waals surface area contributed by atoms with Gasteiger partial charge in [-0.15, -0.1) is 0 Å². The SMILES string of the molecule is COc1ccn2cc(C(=O)c3cccc(C)c3C(C)C)nc2n1. The van der Waals surface area contributed by atoms with E-state index < -0.39 is 0 Å². The monoisotopic (exact) mass is 309 g/mol. The molecule has 2 aromatic heterocycles. The zero-order valence-corrected chi connectivity index (χ0v) is 13.7. The minimum atomic E-state index is -0.0816. The van der Waals surface area contributed by atoms with E-state index in [0.717, 1.165) is 11.1 Å². The van der Waals surface area contributed by atoms with E-state index in [2.05, 4.69) is 23.8 Å². The zero-order chi connectivity index (χ0) is 16.6. The van der Waals surface area contributed by atoms with Crippen molar-refractivity contribution in [2.45, 2.75) is 26.7 Å². The maximum Gasteiger partial charge on any atom is 0.237 e. The van der Waals surface area contributed by atoms with Crippen LogP contribution in [0.25, 0.3) is 5.78 Å². The third-order valence-electron chi connectivity index (χ3n) is 3.89. The Morgan fingerprint density at radius 3 is 2.70 bits per heavy atom. The summed E-state index contributed by atoms with van der Waals surface area (Å²) in [5.41, 5.74) is 3.28. The molecule has 1 aromatic carbocycles. The minimum Gasteiger partial charge on any atom is -0.481 e. The summed E-state index contributed by atoms with van der Waals surface area (Å²) in [5.74, 6) is 1.11. The number of ether oxygens (including phenoxy) is 1. The molecule has 0 atom stereocenters. The van der Waals surface area contributed by atoms with Crippen molar-refractivity contribution in [1.82, 2.24) is 14.4 Å². The molecule has 3 rings (SSSR count). The van der Waals surface area contributed by atoms with Gasteiger partial charge in [-0.2, -0.15) is 4.98 Å². The second-order valence-corrected chi connectivity index (χ2v) is 5.82. The fourth-order valence-corrected chi connectivity index (χ4v) is 2.86. The number of ketones is 1. The van der Waals surface area contributed by atoms with Crippen LogP contribution in [0.1, 0.15) is 46.9 Å². The van der Waals surface area contributed by atoms with Crippen LogP contribution < -0.4 is 4.74 Å². The predicted molar refractivity (Wildman–Crippen MR) is 88.2 cm³/mol. The lowest BCUT2D eigenvalue weighted by atomic mass is 9.90. The topological polar surface area (TPSA) is 56.5 Å². The van der Waals surface area contributed by atoms with Gasteiger partial charge in [-0.25, -0.2) is 4.98 Å². The van der Waals surface area contributed by atoms with E-state index in [-0.39, 0.29) is 11.7 Å². The number of fused-ring (bicyclic) bond motifs is 1. The van der Waals surface area contributed by atoms with Crippen molar-refractivity contribution in [2.75, 3.05) is 7.11 Å². The Balaban J connectivity index is 2.09. The molecule has 23 heavy (non-hydrogen) atoms. The van der Waals surface area contributed by atoms with Crippen LogP contribution in [0.5, 0.6) is 5.88 Å². The Morgan fingerprint density at radius 1 is 1.22 bits per heavy atom. The highest BCUT2D eigenvalue weighted by Gasteiger charge is 2.20. The van der Waals surface area contributed by atoms with E-state index in [1.807, 2.05) is 25.1 Å². The van der Waals surface area contributed by atoms with Gasteiger partial charge in [0.1, 0.15) is 5.69 Å². The summed E-state index contributed by atoms with van der Waals surface area (Å²) in [5, 5.41) is 0. The molecule has 0 spiro atoms. The number of methoxy groups -OCH3 is 1. The lowest BCUT2D eigenvalue weighted by molar-refractivity contribution is 0.103. The van der Waals surface area contributed by atoms with E-state index in [1.165, 1.54) is 0 Å². The standard InChI is InChI=1S/C18H19N3O2/c1-11(2)16-12(3)6-5-7-13(16)17(22)14-10-21-9-8-15(23-4)20-18(21)19-14/h5-11H,1-4H3. The first-order chi connectivity index (χ1) is 11.0. The molecule has 0 unspecified atom stereocenters. The van der Waals surface area contributed by atoms with Gasteiger partial charge in [-0.3, -0.25) is 9.20 Å². The number of aromatic nitrogens is 3. The zero-order valence-electron chi connectivity index (χ0n) is 13.7. The first-order valence-corrected chi connectivity index (χ1v) is 7.55. The van der Waals surface area contributed by atoms with Crippen LogP contribution in [0.2, 0.25) is 0 Å². The Labute approximate surface area is 135 Å². The highest BCUT2D eigenvalue weighted by atomic mass is 16.5. The predicted octanol–water partition coefficient (Wildman–Crippen LogP) is 3.40. The first kappa shape index (κ1) is 15.2. The van der Waals surface area contributed by atoms with Crippen LogP contribution in [0.15, 0.2) is 36.7 Å². The molecule has 0 aliphatic carbocycles. The number of carbonyl (C=O) groups excluding carboxylic acids is 1. The smallest absolute Gasteiger partial charge is 0.237 e. The van der Waals surface area contributed by atoms with Gasteiger partial charge < -0.3 is 4.74 Å². The molecule has 0 bridgehead atoms. The molecule has 0 amide bonds. The van der Waals surface area contributed by atoms with Crippen LogP contribution >= 0.6 is 0 Å². The largest absolute Gasteiger partial charge is 0.481 e. The van der Waals surface area contributed by atoms with Crippen molar-refractivity contribution < 1.29 is 9.53 Å². The minimum absolute atomic E-state index is 0.0816. The van der Waals surface area contributed by atoms with E-state index in [4.69, 9.17) is 4.74 Å². The summed E-state index contributed by atoms with van der Waals surface area (Å²) >= 11 is 0. The van der Waals surface area contributed by atoms with Gasteiger partial charge in [0.05, 0.1) is 7.11 Å². The molecule has 0 aliphatic heterocycles. The maximum atomic E-state index is 12.9. The van der Waals surface area contributed by atoms with Gasteiger partial charge in [0.2, 0.25) is 17.4 Å². The Bertz CT molecular complexity index is 881. The quantitative estimate of drug-likeness (QED) is 0.693. The average molecular weight is 309 g/mol. The first-order valence-electron chi connectivity index (χ1n) is 7.55. The summed E-state index contributed by atoms with van der Waals surface area (Å²) in [6, 6.07) is 7.53. The van der Waals surface area contributed by atoms with Crippen LogP contribution in [-0.2, 0) is 0 Å². The number of nitrogens with zero attached hydrogens (tertiary/aromatic N) is 3.